The standard InChI is InChI=1S/C32H47N5O3S2/c1-4-9-29(38)34-26(19-30-35-25-13-12-23(5-2)18-28(25)42-30)32(40)36-27(24-10-7-6-8-11-24)20-33-31(39)22(3)21-37-14-16-41-17-15-37/h12-13,18,24,26-27H,3-11,14-17,19-21H2,1-2H3,(H,33,39)(H,34,38)(H,36,40)/t26?,27-/m1/s1. The van der Waals surface area contributed by atoms with Crippen LogP contribution < -0.4 is 16.0 Å². The summed E-state index contributed by atoms with van der Waals surface area (Å²) >= 11 is 3.52. The highest BCUT2D eigenvalue weighted by Crippen LogP contribution is 2.27. The zero-order valence-electron chi connectivity index (χ0n) is 25.2. The van der Waals surface area contributed by atoms with Crippen LogP contribution in [0.2, 0.25) is 0 Å². The highest BCUT2D eigenvalue weighted by molar-refractivity contribution is 7.99. The number of carbonyl (C=O) groups excluding carboxylic acids is 3. The lowest BCUT2D eigenvalue weighted by Crippen LogP contribution is -2.55. The monoisotopic (exact) mass is 613 g/mol. The topological polar surface area (TPSA) is 103 Å². The molecule has 1 aliphatic carbocycles. The Bertz CT molecular complexity index is 1220. The van der Waals surface area contributed by atoms with Crippen LogP contribution in [0.1, 0.15) is 69.4 Å². The van der Waals surface area contributed by atoms with Gasteiger partial charge >= 0.3 is 0 Å². The lowest BCUT2D eigenvalue weighted by Gasteiger charge is -2.32. The molecule has 10 heteroatoms. The summed E-state index contributed by atoms with van der Waals surface area (Å²) in [6.07, 6.45) is 7.81. The van der Waals surface area contributed by atoms with Gasteiger partial charge in [-0.1, -0.05) is 45.8 Å². The van der Waals surface area contributed by atoms with E-state index in [9.17, 15) is 14.4 Å². The fraction of sp³-hybridized carbons (Fsp3) is 0.625. The molecule has 1 unspecified atom stereocenters. The first kappa shape index (κ1) is 32.5. The first-order valence-electron chi connectivity index (χ1n) is 15.6. The number of aryl methyl sites for hydroxylation is 1. The number of benzene rings is 1. The zero-order valence-corrected chi connectivity index (χ0v) is 26.8. The van der Waals surface area contributed by atoms with Crippen LogP contribution in [0.25, 0.3) is 10.2 Å². The van der Waals surface area contributed by atoms with Crippen molar-refractivity contribution in [2.24, 2.45) is 5.92 Å². The largest absolute Gasteiger partial charge is 0.350 e. The lowest BCUT2D eigenvalue weighted by molar-refractivity contribution is -0.129. The van der Waals surface area contributed by atoms with E-state index in [0.717, 1.165) is 71.9 Å². The van der Waals surface area contributed by atoms with Crippen molar-refractivity contribution < 1.29 is 14.4 Å². The first-order chi connectivity index (χ1) is 20.4. The quantitative estimate of drug-likeness (QED) is 0.272. The van der Waals surface area contributed by atoms with Crippen LogP contribution in [0.15, 0.2) is 30.4 Å². The number of rotatable bonds is 14. The summed E-state index contributed by atoms with van der Waals surface area (Å²) in [6, 6.07) is 5.32. The van der Waals surface area contributed by atoms with E-state index in [0.29, 0.717) is 37.9 Å². The van der Waals surface area contributed by atoms with Crippen LogP contribution in [0.5, 0.6) is 0 Å². The van der Waals surface area contributed by atoms with Gasteiger partial charge in [0.2, 0.25) is 17.7 Å². The predicted octanol–water partition coefficient (Wildman–Crippen LogP) is 4.47. The van der Waals surface area contributed by atoms with Gasteiger partial charge in [-0.2, -0.15) is 11.8 Å². The number of nitrogens with one attached hydrogen (secondary N) is 3. The molecule has 230 valence electrons. The van der Waals surface area contributed by atoms with Crippen molar-refractivity contribution in [3.8, 4) is 0 Å². The number of nitrogens with zero attached hydrogens (tertiary/aromatic N) is 2. The second-order valence-corrected chi connectivity index (χ2v) is 13.9. The van der Waals surface area contributed by atoms with Crippen molar-refractivity contribution in [3.05, 3.63) is 40.9 Å². The molecule has 42 heavy (non-hydrogen) atoms. The van der Waals surface area contributed by atoms with Gasteiger partial charge < -0.3 is 16.0 Å². The van der Waals surface area contributed by atoms with Gasteiger partial charge in [0, 0.05) is 62.1 Å². The predicted molar refractivity (Wildman–Crippen MR) is 174 cm³/mol. The number of carbonyl (C=O) groups is 3. The first-order valence-corrected chi connectivity index (χ1v) is 17.6. The van der Waals surface area contributed by atoms with Gasteiger partial charge in [-0.25, -0.2) is 4.98 Å². The number of thiazole rings is 1. The Kier molecular flexibility index (Phi) is 12.7. The van der Waals surface area contributed by atoms with Crippen molar-refractivity contribution in [1.29, 1.82) is 0 Å². The summed E-state index contributed by atoms with van der Waals surface area (Å²) in [4.78, 5) is 46.5. The summed E-state index contributed by atoms with van der Waals surface area (Å²) in [6.45, 7) is 11.0. The minimum Gasteiger partial charge on any atom is -0.350 e. The zero-order chi connectivity index (χ0) is 29.9. The van der Waals surface area contributed by atoms with Crippen molar-refractivity contribution >= 4 is 51.0 Å². The van der Waals surface area contributed by atoms with Crippen molar-refractivity contribution in [2.45, 2.75) is 83.7 Å². The molecule has 3 N–H and O–H groups in total. The molecule has 1 aromatic heterocycles. The van der Waals surface area contributed by atoms with E-state index in [2.05, 4.69) is 46.5 Å². The Morgan fingerprint density at radius 1 is 1.10 bits per heavy atom. The van der Waals surface area contributed by atoms with Crippen LogP contribution >= 0.6 is 23.1 Å². The lowest BCUT2D eigenvalue weighted by atomic mass is 9.83. The van der Waals surface area contributed by atoms with Gasteiger partial charge in [0.05, 0.1) is 15.2 Å². The van der Waals surface area contributed by atoms with Crippen molar-refractivity contribution in [3.63, 3.8) is 0 Å². The van der Waals surface area contributed by atoms with Crippen molar-refractivity contribution in [1.82, 2.24) is 25.8 Å². The van der Waals surface area contributed by atoms with E-state index in [4.69, 9.17) is 4.98 Å². The van der Waals surface area contributed by atoms with Crippen LogP contribution in [-0.4, -0.2) is 77.4 Å². The highest BCUT2D eigenvalue weighted by atomic mass is 32.2. The Morgan fingerprint density at radius 2 is 1.86 bits per heavy atom. The highest BCUT2D eigenvalue weighted by Gasteiger charge is 2.30. The average Bonchev–Trinajstić information content (AvgIpc) is 3.41. The maximum absolute atomic E-state index is 13.8. The Balaban J connectivity index is 1.44. The molecule has 0 bridgehead atoms. The molecule has 3 amide bonds. The smallest absolute Gasteiger partial charge is 0.247 e. The molecule has 2 atom stereocenters. The van der Waals surface area contributed by atoms with Crippen molar-refractivity contribution in [2.75, 3.05) is 37.7 Å². The molecule has 4 rings (SSSR count). The molecule has 8 nitrogen and oxygen atoms in total. The maximum atomic E-state index is 13.8. The summed E-state index contributed by atoms with van der Waals surface area (Å²) in [5.41, 5.74) is 2.72. The van der Waals surface area contributed by atoms with Gasteiger partial charge in [0.15, 0.2) is 0 Å². The molecule has 2 fully saturated rings. The molecular formula is C32H47N5O3S2. The molecule has 1 saturated heterocycles. The summed E-state index contributed by atoms with van der Waals surface area (Å²) < 4.78 is 1.09. The number of amides is 3. The Labute approximate surface area is 258 Å². The van der Waals surface area contributed by atoms with Gasteiger partial charge in [-0.3, -0.25) is 19.3 Å². The number of hydrogen-bond donors (Lipinski definition) is 3. The summed E-state index contributed by atoms with van der Waals surface area (Å²) in [5, 5.41) is 10.1. The van der Waals surface area contributed by atoms with Gasteiger partial charge in [-0.05, 0) is 49.3 Å². The Morgan fingerprint density at radius 3 is 2.57 bits per heavy atom. The Hall–Kier alpha value is -2.43. The molecule has 1 aromatic carbocycles. The number of thioether (sulfide) groups is 1. The van der Waals surface area contributed by atoms with E-state index in [-0.39, 0.29) is 29.7 Å². The van der Waals surface area contributed by atoms with E-state index < -0.39 is 6.04 Å². The number of hydrogen-bond acceptors (Lipinski definition) is 7. The third kappa shape index (κ3) is 9.54. The van der Waals surface area contributed by atoms with Crippen LogP contribution in [0, 0.1) is 5.92 Å². The minimum atomic E-state index is -0.732. The van der Waals surface area contributed by atoms with E-state index in [1.54, 1.807) is 11.3 Å². The minimum absolute atomic E-state index is 0.137. The summed E-state index contributed by atoms with van der Waals surface area (Å²) in [5.74, 6) is 1.92. The SMILES string of the molecule is C=C(CN1CCSCC1)C(=O)NC[C@@H](NC(=O)C(Cc1nc2ccc(CC)cc2s1)NC(=O)CCC)C1CCCCC1. The molecule has 1 aliphatic heterocycles. The molecule has 2 aromatic rings. The van der Waals surface area contributed by atoms with E-state index in [1.165, 1.54) is 12.0 Å². The van der Waals surface area contributed by atoms with Crippen LogP contribution in [-0.2, 0) is 27.2 Å². The van der Waals surface area contributed by atoms with E-state index >= 15 is 0 Å². The summed E-state index contributed by atoms with van der Waals surface area (Å²) in [7, 11) is 0. The third-order valence-corrected chi connectivity index (χ3v) is 10.3. The second kappa shape index (κ2) is 16.4. The number of aromatic nitrogens is 1. The van der Waals surface area contributed by atoms with Gasteiger partial charge in [0.1, 0.15) is 6.04 Å². The third-order valence-electron chi connectivity index (χ3n) is 8.28. The van der Waals surface area contributed by atoms with Crippen LogP contribution in [0.3, 0.4) is 0 Å². The van der Waals surface area contributed by atoms with Gasteiger partial charge in [-0.15, -0.1) is 11.3 Å². The molecule has 2 aliphatic rings. The fourth-order valence-corrected chi connectivity index (χ4v) is 7.84. The molecule has 1 saturated carbocycles. The normalized spacial score (nSPS) is 17.9. The average molecular weight is 614 g/mol. The van der Waals surface area contributed by atoms with Crippen LogP contribution in [0.4, 0.5) is 0 Å². The maximum Gasteiger partial charge on any atom is 0.247 e. The second-order valence-electron chi connectivity index (χ2n) is 11.6. The molecular weight excluding hydrogens is 567 g/mol. The molecule has 0 radical (unpaired) electrons. The molecule has 0 spiro atoms. The van der Waals surface area contributed by atoms with Gasteiger partial charge in [0.25, 0.3) is 0 Å². The molecule has 2 heterocycles. The van der Waals surface area contributed by atoms with E-state index in [1.807, 2.05) is 24.8 Å². The fourth-order valence-electron chi connectivity index (χ4n) is 5.79. The number of fused-ring (bicyclic) bond motifs is 1.